The van der Waals surface area contributed by atoms with Crippen LogP contribution in [0.15, 0.2) is 11.8 Å². The molecular weight excluding hydrogens is 212 g/mol. The minimum absolute atomic E-state index is 0.0401. The van der Waals surface area contributed by atoms with Crippen LogP contribution in [0.3, 0.4) is 0 Å². The van der Waals surface area contributed by atoms with Gasteiger partial charge in [-0.3, -0.25) is 0 Å². The smallest absolute Gasteiger partial charge is 0.248 e. The third-order valence-corrected chi connectivity index (χ3v) is 3.94. The Morgan fingerprint density at radius 2 is 1.94 bits per heavy atom. The van der Waals surface area contributed by atoms with Crippen molar-refractivity contribution >= 4 is 0 Å². The number of alkyl halides is 2. The molecule has 0 unspecified atom stereocenters. The van der Waals surface area contributed by atoms with E-state index in [4.69, 9.17) is 10.5 Å². The molecule has 0 atom stereocenters. The first kappa shape index (κ1) is 11.8. The maximum absolute atomic E-state index is 13.2. The number of nitrogens with two attached hydrogens (primary N) is 1. The second kappa shape index (κ2) is 4.32. The summed E-state index contributed by atoms with van der Waals surface area (Å²) in [6.45, 7) is 1.19. The van der Waals surface area contributed by atoms with Crippen molar-refractivity contribution in [2.45, 2.75) is 44.4 Å². The van der Waals surface area contributed by atoms with Gasteiger partial charge >= 0.3 is 0 Å². The van der Waals surface area contributed by atoms with Gasteiger partial charge in [-0.25, -0.2) is 8.78 Å². The van der Waals surface area contributed by atoms with E-state index in [1.54, 1.807) is 6.26 Å². The van der Waals surface area contributed by atoms with Crippen LogP contribution in [0.1, 0.15) is 38.5 Å². The molecular formula is C12H19F2NO. The SMILES string of the molecule is NCC1(C2=COCCC2)CCC(F)(F)CC1. The van der Waals surface area contributed by atoms with Crippen molar-refractivity contribution in [1.82, 2.24) is 0 Å². The molecule has 1 fully saturated rings. The van der Waals surface area contributed by atoms with E-state index in [9.17, 15) is 8.78 Å². The fourth-order valence-corrected chi connectivity index (χ4v) is 2.71. The normalized spacial score (nSPS) is 28.1. The summed E-state index contributed by atoms with van der Waals surface area (Å²) in [6, 6.07) is 0. The zero-order valence-corrected chi connectivity index (χ0v) is 9.48. The average Bonchev–Trinajstić information content (AvgIpc) is 2.31. The molecule has 1 aliphatic heterocycles. The molecule has 1 saturated carbocycles. The highest BCUT2D eigenvalue weighted by atomic mass is 19.3. The molecule has 0 saturated heterocycles. The Kier molecular flexibility index (Phi) is 3.19. The van der Waals surface area contributed by atoms with Gasteiger partial charge in [-0.2, -0.15) is 0 Å². The monoisotopic (exact) mass is 231 g/mol. The number of halogens is 2. The molecule has 2 aliphatic rings. The van der Waals surface area contributed by atoms with Crippen molar-refractivity contribution < 1.29 is 13.5 Å². The van der Waals surface area contributed by atoms with Crippen molar-refractivity contribution in [2.24, 2.45) is 11.1 Å². The lowest BCUT2D eigenvalue weighted by molar-refractivity contribution is -0.0597. The zero-order chi connectivity index (χ0) is 11.6. The Morgan fingerprint density at radius 1 is 1.25 bits per heavy atom. The van der Waals surface area contributed by atoms with Crippen LogP contribution < -0.4 is 5.73 Å². The molecule has 92 valence electrons. The van der Waals surface area contributed by atoms with Gasteiger partial charge in [0, 0.05) is 24.8 Å². The molecule has 0 radical (unpaired) electrons. The van der Waals surface area contributed by atoms with Crippen molar-refractivity contribution in [3.05, 3.63) is 11.8 Å². The second-order valence-electron chi connectivity index (χ2n) is 4.96. The Bertz CT molecular complexity index is 279. The molecule has 1 aliphatic carbocycles. The van der Waals surface area contributed by atoms with E-state index in [1.807, 2.05) is 0 Å². The van der Waals surface area contributed by atoms with Gasteiger partial charge in [-0.05, 0) is 31.3 Å². The summed E-state index contributed by atoms with van der Waals surface area (Å²) in [6.07, 6.45) is 4.59. The average molecular weight is 231 g/mol. The number of hydrogen-bond donors (Lipinski definition) is 1. The van der Waals surface area contributed by atoms with E-state index in [1.165, 1.54) is 0 Å². The minimum atomic E-state index is -2.49. The molecule has 2 rings (SSSR count). The van der Waals surface area contributed by atoms with Crippen LogP contribution in [0.4, 0.5) is 8.78 Å². The highest BCUT2D eigenvalue weighted by Crippen LogP contribution is 2.48. The summed E-state index contributed by atoms with van der Waals surface area (Å²) in [5, 5.41) is 0. The summed E-state index contributed by atoms with van der Waals surface area (Å²) in [5.74, 6) is -2.49. The molecule has 0 bridgehead atoms. The first-order valence-electron chi connectivity index (χ1n) is 5.97. The first-order valence-corrected chi connectivity index (χ1v) is 5.97. The number of rotatable bonds is 2. The lowest BCUT2D eigenvalue weighted by Gasteiger charge is -2.41. The lowest BCUT2D eigenvalue weighted by atomic mass is 9.67. The molecule has 1 heterocycles. The first-order chi connectivity index (χ1) is 7.58. The Morgan fingerprint density at radius 3 is 2.44 bits per heavy atom. The number of ether oxygens (including phenoxy) is 1. The molecule has 4 heteroatoms. The Hall–Kier alpha value is -0.640. The maximum atomic E-state index is 13.2. The van der Waals surface area contributed by atoms with Gasteiger partial charge < -0.3 is 10.5 Å². The van der Waals surface area contributed by atoms with Crippen LogP contribution in [0.25, 0.3) is 0 Å². The molecule has 0 spiro atoms. The van der Waals surface area contributed by atoms with Crippen LogP contribution in [-0.2, 0) is 4.74 Å². The van der Waals surface area contributed by atoms with Crippen molar-refractivity contribution in [1.29, 1.82) is 0 Å². The van der Waals surface area contributed by atoms with Crippen LogP contribution in [0.2, 0.25) is 0 Å². The second-order valence-corrected chi connectivity index (χ2v) is 4.96. The van der Waals surface area contributed by atoms with E-state index in [0.717, 1.165) is 25.0 Å². The Labute approximate surface area is 94.8 Å². The van der Waals surface area contributed by atoms with E-state index < -0.39 is 5.92 Å². The minimum Gasteiger partial charge on any atom is -0.501 e. The van der Waals surface area contributed by atoms with Gasteiger partial charge in [-0.15, -0.1) is 0 Å². The fraction of sp³-hybridized carbons (Fsp3) is 0.833. The molecule has 2 N–H and O–H groups in total. The van der Waals surface area contributed by atoms with E-state index >= 15 is 0 Å². The summed E-state index contributed by atoms with van der Waals surface area (Å²) < 4.78 is 31.6. The van der Waals surface area contributed by atoms with E-state index in [0.29, 0.717) is 19.4 Å². The van der Waals surface area contributed by atoms with Gasteiger partial charge in [0.2, 0.25) is 5.92 Å². The zero-order valence-electron chi connectivity index (χ0n) is 9.48. The summed E-state index contributed by atoms with van der Waals surface area (Å²) in [5.41, 5.74) is 6.75. The van der Waals surface area contributed by atoms with E-state index in [2.05, 4.69) is 0 Å². The van der Waals surface area contributed by atoms with Crippen LogP contribution in [0.5, 0.6) is 0 Å². The van der Waals surface area contributed by atoms with Crippen LogP contribution in [-0.4, -0.2) is 19.1 Å². The van der Waals surface area contributed by atoms with Crippen molar-refractivity contribution in [3.8, 4) is 0 Å². The van der Waals surface area contributed by atoms with Crippen molar-refractivity contribution in [3.63, 3.8) is 0 Å². The van der Waals surface area contributed by atoms with Crippen LogP contribution in [0, 0.1) is 5.41 Å². The Balaban J connectivity index is 2.11. The summed E-state index contributed by atoms with van der Waals surface area (Å²) >= 11 is 0. The predicted molar refractivity (Wildman–Crippen MR) is 58.2 cm³/mol. The van der Waals surface area contributed by atoms with Gasteiger partial charge in [0.05, 0.1) is 12.9 Å². The van der Waals surface area contributed by atoms with Gasteiger partial charge in [0.25, 0.3) is 0 Å². The molecule has 0 amide bonds. The van der Waals surface area contributed by atoms with Crippen molar-refractivity contribution in [2.75, 3.05) is 13.2 Å². The third kappa shape index (κ3) is 2.21. The topological polar surface area (TPSA) is 35.2 Å². The molecule has 0 aromatic rings. The predicted octanol–water partition coefficient (Wildman–Crippen LogP) is 2.84. The standard InChI is InChI=1S/C12H19F2NO/c13-12(14)5-3-11(9-15,4-6-12)10-2-1-7-16-8-10/h8H,1-7,9,15H2. The van der Waals surface area contributed by atoms with Gasteiger partial charge in [0.15, 0.2) is 0 Å². The van der Waals surface area contributed by atoms with E-state index in [-0.39, 0.29) is 18.3 Å². The summed E-state index contributed by atoms with van der Waals surface area (Å²) in [7, 11) is 0. The fourth-order valence-electron chi connectivity index (χ4n) is 2.71. The lowest BCUT2D eigenvalue weighted by Crippen LogP contribution is -2.40. The van der Waals surface area contributed by atoms with Gasteiger partial charge in [0.1, 0.15) is 0 Å². The molecule has 2 nitrogen and oxygen atoms in total. The molecule has 0 aromatic heterocycles. The molecule has 16 heavy (non-hydrogen) atoms. The highest BCUT2D eigenvalue weighted by molar-refractivity contribution is 5.16. The quantitative estimate of drug-likeness (QED) is 0.793. The summed E-state index contributed by atoms with van der Waals surface area (Å²) in [4.78, 5) is 0. The maximum Gasteiger partial charge on any atom is 0.248 e. The van der Waals surface area contributed by atoms with Crippen LogP contribution >= 0.6 is 0 Å². The third-order valence-electron chi connectivity index (χ3n) is 3.94. The largest absolute Gasteiger partial charge is 0.501 e. The molecule has 0 aromatic carbocycles. The number of hydrogen-bond acceptors (Lipinski definition) is 2. The highest BCUT2D eigenvalue weighted by Gasteiger charge is 2.44. The van der Waals surface area contributed by atoms with Gasteiger partial charge in [-0.1, -0.05) is 0 Å².